The van der Waals surface area contributed by atoms with E-state index in [4.69, 9.17) is 0 Å². The number of carbonyl (C=O) groups is 1. The molecule has 0 bridgehead atoms. The van der Waals surface area contributed by atoms with Crippen molar-refractivity contribution in [3.63, 3.8) is 0 Å². The fourth-order valence-corrected chi connectivity index (χ4v) is 3.34. The molecule has 1 aromatic carbocycles. The van der Waals surface area contributed by atoms with E-state index in [2.05, 4.69) is 47.3 Å². The first-order chi connectivity index (χ1) is 12.9. The van der Waals surface area contributed by atoms with Crippen LogP contribution in [0, 0.1) is 20.8 Å². The van der Waals surface area contributed by atoms with Gasteiger partial charge in [-0.15, -0.1) is 0 Å². The lowest BCUT2D eigenvalue weighted by Crippen LogP contribution is -2.31. The van der Waals surface area contributed by atoms with E-state index in [1.807, 2.05) is 32.9 Å². The zero-order valence-corrected chi connectivity index (χ0v) is 16.6. The Morgan fingerprint density at radius 2 is 1.70 bits per heavy atom. The Bertz CT molecular complexity index is 973. The summed E-state index contributed by atoms with van der Waals surface area (Å²) in [7, 11) is 0. The number of nitrogens with one attached hydrogen (secondary N) is 1. The molecule has 2 aromatic heterocycles. The SMILES string of the molecule is CCN(CC)C(=O)c1cnc2nc(C)ccc2c1Nc1cc(C)cc(C)c1. The molecule has 27 heavy (non-hydrogen) atoms. The van der Waals surface area contributed by atoms with Gasteiger partial charge in [0.15, 0.2) is 5.65 Å². The topological polar surface area (TPSA) is 58.1 Å². The van der Waals surface area contributed by atoms with Crippen LogP contribution < -0.4 is 5.32 Å². The summed E-state index contributed by atoms with van der Waals surface area (Å²) in [6.45, 7) is 11.3. The van der Waals surface area contributed by atoms with Crippen LogP contribution in [0.15, 0.2) is 36.5 Å². The number of anilines is 2. The summed E-state index contributed by atoms with van der Waals surface area (Å²) in [5, 5.41) is 4.32. The van der Waals surface area contributed by atoms with Gasteiger partial charge >= 0.3 is 0 Å². The Labute approximate surface area is 160 Å². The molecule has 140 valence electrons. The quantitative estimate of drug-likeness (QED) is 0.709. The van der Waals surface area contributed by atoms with Gasteiger partial charge in [0.25, 0.3) is 5.91 Å². The number of amides is 1. The van der Waals surface area contributed by atoms with Crippen LogP contribution in [0.25, 0.3) is 11.0 Å². The highest BCUT2D eigenvalue weighted by Gasteiger charge is 2.20. The molecule has 0 aliphatic rings. The van der Waals surface area contributed by atoms with E-state index in [0.29, 0.717) is 24.3 Å². The van der Waals surface area contributed by atoms with Gasteiger partial charge in [-0.2, -0.15) is 0 Å². The molecule has 0 aliphatic carbocycles. The second-order valence-corrected chi connectivity index (χ2v) is 6.85. The largest absolute Gasteiger partial charge is 0.354 e. The number of fused-ring (bicyclic) bond motifs is 1. The van der Waals surface area contributed by atoms with Crippen LogP contribution in [-0.2, 0) is 0 Å². The second-order valence-electron chi connectivity index (χ2n) is 6.85. The molecule has 1 N–H and O–H groups in total. The molecule has 0 spiro atoms. The maximum Gasteiger partial charge on any atom is 0.257 e. The second kappa shape index (κ2) is 7.74. The van der Waals surface area contributed by atoms with Crippen molar-refractivity contribution in [3.05, 3.63) is 58.9 Å². The average molecular weight is 362 g/mol. The number of benzene rings is 1. The third kappa shape index (κ3) is 3.92. The standard InChI is InChI=1S/C22H26N4O/c1-6-26(7-2)22(27)19-13-23-21-18(9-8-16(5)24-21)20(19)25-17-11-14(3)10-15(4)12-17/h8-13H,6-7H2,1-5H3,(H,23,24,25). The van der Waals surface area contributed by atoms with Crippen LogP contribution in [-0.4, -0.2) is 33.9 Å². The molecule has 3 aromatic rings. The van der Waals surface area contributed by atoms with Gasteiger partial charge in [0.1, 0.15) is 0 Å². The third-order valence-corrected chi connectivity index (χ3v) is 4.64. The van der Waals surface area contributed by atoms with Gasteiger partial charge in [0.05, 0.1) is 11.3 Å². The molecule has 1 amide bonds. The van der Waals surface area contributed by atoms with Gasteiger partial charge in [0, 0.05) is 36.1 Å². The molecule has 0 aliphatic heterocycles. The van der Waals surface area contributed by atoms with Crippen molar-refractivity contribution in [1.29, 1.82) is 0 Å². The van der Waals surface area contributed by atoms with Crippen LogP contribution in [0.3, 0.4) is 0 Å². The Kier molecular flexibility index (Phi) is 5.40. The van der Waals surface area contributed by atoms with E-state index in [1.165, 1.54) is 11.1 Å². The first kappa shape index (κ1) is 18.8. The predicted octanol–water partition coefficient (Wildman–Crippen LogP) is 4.78. The smallest absolute Gasteiger partial charge is 0.257 e. The minimum atomic E-state index is -0.0261. The van der Waals surface area contributed by atoms with Crippen molar-refractivity contribution in [2.45, 2.75) is 34.6 Å². The van der Waals surface area contributed by atoms with Crippen molar-refractivity contribution < 1.29 is 4.79 Å². The van der Waals surface area contributed by atoms with E-state index < -0.39 is 0 Å². The highest BCUT2D eigenvalue weighted by Crippen LogP contribution is 2.30. The van der Waals surface area contributed by atoms with E-state index in [0.717, 1.165) is 22.5 Å². The fraction of sp³-hybridized carbons (Fsp3) is 0.318. The first-order valence-electron chi connectivity index (χ1n) is 9.33. The van der Waals surface area contributed by atoms with E-state index in [1.54, 1.807) is 11.1 Å². The molecule has 3 rings (SSSR count). The first-order valence-corrected chi connectivity index (χ1v) is 9.33. The zero-order chi connectivity index (χ0) is 19.6. The lowest BCUT2D eigenvalue weighted by Gasteiger charge is -2.21. The number of rotatable bonds is 5. The maximum atomic E-state index is 13.1. The molecule has 0 unspecified atom stereocenters. The van der Waals surface area contributed by atoms with Crippen LogP contribution in [0.4, 0.5) is 11.4 Å². The lowest BCUT2D eigenvalue weighted by atomic mass is 10.1. The molecule has 5 heteroatoms. The van der Waals surface area contributed by atoms with Gasteiger partial charge in [-0.1, -0.05) is 6.07 Å². The normalized spacial score (nSPS) is 10.9. The molecule has 0 saturated carbocycles. The van der Waals surface area contributed by atoms with Gasteiger partial charge in [-0.25, -0.2) is 9.97 Å². The summed E-state index contributed by atoms with van der Waals surface area (Å²) in [6, 6.07) is 10.2. The van der Waals surface area contributed by atoms with Crippen molar-refractivity contribution in [2.24, 2.45) is 0 Å². The molecule has 0 radical (unpaired) electrons. The van der Waals surface area contributed by atoms with Crippen molar-refractivity contribution in [3.8, 4) is 0 Å². The Hall–Kier alpha value is -2.95. The van der Waals surface area contributed by atoms with E-state index in [9.17, 15) is 4.79 Å². The maximum absolute atomic E-state index is 13.1. The highest BCUT2D eigenvalue weighted by molar-refractivity contribution is 6.07. The summed E-state index contributed by atoms with van der Waals surface area (Å²) in [4.78, 5) is 23.9. The van der Waals surface area contributed by atoms with E-state index in [-0.39, 0.29) is 5.91 Å². The number of hydrogen-bond acceptors (Lipinski definition) is 4. The molecule has 0 atom stereocenters. The summed E-state index contributed by atoms with van der Waals surface area (Å²) in [6.07, 6.45) is 1.64. The molecular weight excluding hydrogens is 336 g/mol. The molecule has 0 fully saturated rings. The predicted molar refractivity (Wildman–Crippen MR) is 111 cm³/mol. The van der Waals surface area contributed by atoms with Gasteiger partial charge in [-0.3, -0.25) is 4.79 Å². The van der Waals surface area contributed by atoms with Gasteiger partial charge < -0.3 is 10.2 Å². The van der Waals surface area contributed by atoms with Crippen LogP contribution in [0.2, 0.25) is 0 Å². The summed E-state index contributed by atoms with van der Waals surface area (Å²) < 4.78 is 0. The Morgan fingerprint density at radius 1 is 1.04 bits per heavy atom. The lowest BCUT2D eigenvalue weighted by molar-refractivity contribution is 0.0774. The minimum Gasteiger partial charge on any atom is -0.354 e. The molecular formula is C22H26N4O. The van der Waals surface area contributed by atoms with Crippen molar-refractivity contribution in [1.82, 2.24) is 14.9 Å². The number of hydrogen-bond donors (Lipinski definition) is 1. The number of aryl methyl sites for hydroxylation is 3. The van der Waals surface area contributed by atoms with Crippen LogP contribution >= 0.6 is 0 Å². The highest BCUT2D eigenvalue weighted by atomic mass is 16.2. The fourth-order valence-electron chi connectivity index (χ4n) is 3.34. The summed E-state index contributed by atoms with van der Waals surface area (Å²) >= 11 is 0. The number of nitrogens with zero attached hydrogens (tertiary/aromatic N) is 3. The molecule has 2 heterocycles. The average Bonchev–Trinajstić information content (AvgIpc) is 2.61. The van der Waals surface area contributed by atoms with Crippen LogP contribution in [0.5, 0.6) is 0 Å². The summed E-state index contributed by atoms with van der Waals surface area (Å²) in [5.41, 5.74) is 6.15. The van der Waals surface area contributed by atoms with Gasteiger partial charge in [0.2, 0.25) is 0 Å². The monoisotopic (exact) mass is 362 g/mol. The molecule has 5 nitrogen and oxygen atoms in total. The Morgan fingerprint density at radius 3 is 2.33 bits per heavy atom. The number of carbonyl (C=O) groups excluding carboxylic acids is 1. The van der Waals surface area contributed by atoms with Crippen LogP contribution in [0.1, 0.15) is 41.0 Å². The van der Waals surface area contributed by atoms with Crippen molar-refractivity contribution >= 4 is 28.3 Å². The van der Waals surface area contributed by atoms with E-state index >= 15 is 0 Å². The van der Waals surface area contributed by atoms with Gasteiger partial charge in [-0.05, 0) is 70.0 Å². The molecule has 0 saturated heterocycles. The third-order valence-electron chi connectivity index (χ3n) is 4.64. The summed E-state index contributed by atoms with van der Waals surface area (Å²) in [5.74, 6) is -0.0261. The minimum absolute atomic E-state index is 0.0261. The number of aromatic nitrogens is 2. The Balaban J connectivity index is 2.19. The van der Waals surface area contributed by atoms with Crippen molar-refractivity contribution in [2.75, 3.05) is 18.4 Å². The zero-order valence-electron chi connectivity index (χ0n) is 16.6. The number of pyridine rings is 2.